The maximum Gasteiger partial charge on any atom is 0.121 e. The fraction of sp³-hybridized carbons (Fsp3) is 0.333. The minimum atomic E-state index is -0.909. The predicted molar refractivity (Wildman–Crippen MR) is 54.7 cm³/mol. The predicted octanol–water partition coefficient (Wildman–Crippen LogP) is 2.87. The van der Waals surface area contributed by atoms with E-state index in [0.29, 0.717) is 17.6 Å². The van der Waals surface area contributed by atoms with Crippen LogP contribution in [0.3, 0.4) is 0 Å². The Bertz CT molecular complexity index is 278. The first-order chi connectivity index (χ1) is 6.15. The van der Waals surface area contributed by atoms with E-state index >= 15 is 0 Å². The van der Waals surface area contributed by atoms with Crippen LogP contribution in [0.15, 0.2) is 23.3 Å². The van der Waals surface area contributed by atoms with Crippen molar-refractivity contribution in [3.63, 3.8) is 0 Å². The first-order valence-corrected chi connectivity index (χ1v) is 4.11. The Morgan fingerprint density at radius 2 is 1.92 bits per heavy atom. The van der Waals surface area contributed by atoms with Crippen LogP contribution in [-0.2, 0) is 0 Å². The number of halogens is 1. The van der Waals surface area contributed by atoms with Crippen molar-refractivity contribution >= 4 is 0 Å². The molecule has 0 rings (SSSR count). The quantitative estimate of drug-likeness (QED) is 0.458. The van der Waals surface area contributed by atoms with Crippen molar-refractivity contribution in [2.45, 2.75) is 26.4 Å². The minimum absolute atomic E-state index is 0.433. The number of terminal acetylenes is 2. The van der Waals surface area contributed by atoms with E-state index in [9.17, 15) is 4.39 Å². The summed E-state index contributed by atoms with van der Waals surface area (Å²) in [5.74, 6) is 4.64. The van der Waals surface area contributed by atoms with E-state index in [4.69, 9.17) is 12.8 Å². The van der Waals surface area contributed by atoms with E-state index < -0.39 is 6.17 Å². The molecule has 0 saturated heterocycles. The van der Waals surface area contributed by atoms with Gasteiger partial charge in [-0.3, -0.25) is 0 Å². The zero-order chi connectivity index (χ0) is 10.3. The van der Waals surface area contributed by atoms with Crippen molar-refractivity contribution in [3.05, 3.63) is 23.3 Å². The average Bonchev–Trinajstić information content (AvgIpc) is 2.17. The fourth-order valence-electron chi connectivity index (χ4n) is 0.779. The summed E-state index contributed by atoms with van der Waals surface area (Å²) in [7, 11) is 0. The second-order valence-electron chi connectivity index (χ2n) is 2.66. The molecule has 0 aromatic heterocycles. The molecule has 0 nitrogen and oxygen atoms in total. The molecule has 0 amide bonds. The van der Waals surface area contributed by atoms with Crippen molar-refractivity contribution < 1.29 is 4.39 Å². The third kappa shape index (κ3) is 4.19. The molecule has 1 unspecified atom stereocenters. The van der Waals surface area contributed by atoms with Gasteiger partial charge in [-0.1, -0.05) is 24.8 Å². The number of hydrogen-bond donors (Lipinski definition) is 0. The van der Waals surface area contributed by atoms with Gasteiger partial charge in [0.15, 0.2) is 0 Å². The lowest BCUT2D eigenvalue weighted by atomic mass is 10.1. The first kappa shape index (κ1) is 11.5. The van der Waals surface area contributed by atoms with Gasteiger partial charge in [-0.05, 0) is 25.0 Å². The Labute approximate surface area is 79.5 Å². The molecule has 0 radical (unpaired) electrons. The molecule has 0 aliphatic carbocycles. The smallest absolute Gasteiger partial charge is 0.121 e. The normalized spacial score (nSPS) is 12.5. The SMILES string of the molecule is C#CC(C#C)=C/C=C(\C)C(F)CC. The van der Waals surface area contributed by atoms with Crippen LogP contribution in [0.25, 0.3) is 0 Å². The fourth-order valence-corrected chi connectivity index (χ4v) is 0.779. The highest BCUT2D eigenvalue weighted by molar-refractivity contribution is 5.43. The minimum Gasteiger partial charge on any atom is -0.243 e. The molecule has 0 aliphatic rings. The van der Waals surface area contributed by atoms with Gasteiger partial charge in [0, 0.05) is 0 Å². The lowest BCUT2D eigenvalue weighted by molar-refractivity contribution is 0.372. The molecule has 1 heteroatoms. The standard InChI is InChI=1S/C12H13F/c1-5-11(6-2)9-8-10(4)12(13)7-3/h1-2,8-9,12H,7H2,3-4H3/b10-8+. The average molecular weight is 176 g/mol. The molecule has 1 atom stereocenters. The number of hydrogen-bond acceptors (Lipinski definition) is 0. The van der Waals surface area contributed by atoms with Gasteiger partial charge in [0.05, 0.1) is 5.57 Å². The van der Waals surface area contributed by atoms with Gasteiger partial charge in [0.25, 0.3) is 0 Å². The van der Waals surface area contributed by atoms with Crippen LogP contribution >= 0.6 is 0 Å². The number of alkyl halides is 1. The van der Waals surface area contributed by atoms with Crippen molar-refractivity contribution in [2.24, 2.45) is 0 Å². The van der Waals surface area contributed by atoms with Crippen molar-refractivity contribution in [1.82, 2.24) is 0 Å². The van der Waals surface area contributed by atoms with Crippen LogP contribution < -0.4 is 0 Å². The molecular weight excluding hydrogens is 163 g/mol. The summed E-state index contributed by atoms with van der Waals surface area (Å²) in [5.41, 5.74) is 1.08. The maximum atomic E-state index is 13.0. The number of rotatable bonds is 3. The van der Waals surface area contributed by atoms with Gasteiger partial charge in [-0.25, -0.2) is 4.39 Å². The Morgan fingerprint density at radius 3 is 2.31 bits per heavy atom. The summed E-state index contributed by atoms with van der Waals surface area (Å²) in [4.78, 5) is 0. The van der Waals surface area contributed by atoms with Gasteiger partial charge >= 0.3 is 0 Å². The van der Waals surface area contributed by atoms with Crippen molar-refractivity contribution in [1.29, 1.82) is 0 Å². The second kappa shape index (κ2) is 6.09. The second-order valence-corrected chi connectivity index (χ2v) is 2.66. The highest BCUT2D eigenvalue weighted by atomic mass is 19.1. The van der Waals surface area contributed by atoms with Gasteiger partial charge in [0.2, 0.25) is 0 Å². The van der Waals surface area contributed by atoms with Gasteiger partial charge in [0.1, 0.15) is 6.17 Å². The zero-order valence-electron chi connectivity index (χ0n) is 7.97. The van der Waals surface area contributed by atoms with Crippen LogP contribution in [0, 0.1) is 24.7 Å². The molecule has 68 valence electrons. The van der Waals surface area contributed by atoms with E-state index in [2.05, 4.69) is 11.8 Å². The molecule has 0 aliphatic heterocycles. The van der Waals surface area contributed by atoms with E-state index in [1.54, 1.807) is 26.0 Å². The highest BCUT2D eigenvalue weighted by Gasteiger charge is 2.03. The van der Waals surface area contributed by atoms with Crippen molar-refractivity contribution in [3.8, 4) is 24.7 Å². The number of allylic oxidation sites excluding steroid dienone is 4. The monoisotopic (exact) mass is 176 g/mol. The molecule has 0 aromatic rings. The zero-order valence-corrected chi connectivity index (χ0v) is 7.97. The molecule has 0 N–H and O–H groups in total. The van der Waals surface area contributed by atoms with E-state index in [0.717, 1.165) is 0 Å². The molecule has 0 spiro atoms. The Balaban J connectivity index is 4.53. The van der Waals surface area contributed by atoms with Crippen LogP contribution in [0.5, 0.6) is 0 Å². The van der Waals surface area contributed by atoms with E-state index in [-0.39, 0.29) is 0 Å². The van der Waals surface area contributed by atoms with Crippen LogP contribution in [-0.4, -0.2) is 6.17 Å². The van der Waals surface area contributed by atoms with Crippen molar-refractivity contribution in [2.75, 3.05) is 0 Å². The van der Waals surface area contributed by atoms with Crippen LogP contribution in [0.4, 0.5) is 4.39 Å². The summed E-state index contributed by atoms with van der Waals surface area (Å²) in [6.45, 7) is 3.50. The summed E-state index contributed by atoms with van der Waals surface area (Å²) >= 11 is 0. The third-order valence-electron chi connectivity index (χ3n) is 1.68. The van der Waals surface area contributed by atoms with E-state index in [1.165, 1.54) is 0 Å². The first-order valence-electron chi connectivity index (χ1n) is 4.11. The van der Waals surface area contributed by atoms with Gasteiger partial charge in [-0.15, -0.1) is 12.8 Å². The molecule has 0 bridgehead atoms. The Hall–Kier alpha value is -1.47. The van der Waals surface area contributed by atoms with Crippen LogP contribution in [0.2, 0.25) is 0 Å². The molecule has 0 heterocycles. The van der Waals surface area contributed by atoms with Gasteiger partial charge in [-0.2, -0.15) is 0 Å². The summed E-state index contributed by atoms with van der Waals surface area (Å²) in [5, 5.41) is 0. The molecule has 13 heavy (non-hydrogen) atoms. The van der Waals surface area contributed by atoms with Gasteiger partial charge < -0.3 is 0 Å². The topological polar surface area (TPSA) is 0 Å². The largest absolute Gasteiger partial charge is 0.243 e. The third-order valence-corrected chi connectivity index (χ3v) is 1.68. The molecule has 0 aromatic carbocycles. The summed E-state index contributed by atoms with van der Waals surface area (Å²) < 4.78 is 13.0. The van der Waals surface area contributed by atoms with Crippen LogP contribution in [0.1, 0.15) is 20.3 Å². The Kier molecular flexibility index (Phi) is 5.40. The maximum absolute atomic E-state index is 13.0. The highest BCUT2D eigenvalue weighted by Crippen LogP contribution is 2.09. The lowest BCUT2D eigenvalue weighted by Gasteiger charge is -2.02. The molecule has 0 saturated carbocycles. The van der Waals surface area contributed by atoms with E-state index in [1.807, 2.05) is 0 Å². The summed E-state index contributed by atoms with van der Waals surface area (Å²) in [6.07, 6.45) is 13.0. The lowest BCUT2D eigenvalue weighted by Crippen LogP contribution is -1.98. The summed E-state index contributed by atoms with van der Waals surface area (Å²) in [6, 6.07) is 0. The molecular formula is C12H13F. The molecule has 0 fully saturated rings. The Morgan fingerprint density at radius 1 is 1.38 bits per heavy atom.